The van der Waals surface area contributed by atoms with Crippen molar-refractivity contribution in [1.29, 1.82) is 0 Å². The second-order valence-corrected chi connectivity index (χ2v) is 8.89. The molecule has 0 saturated carbocycles. The van der Waals surface area contributed by atoms with E-state index in [1.165, 1.54) is 0 Å². The summed E-state index contributed by atoms with van der Waals surface area (Å²) in [7, 11) is 0. The van der Waals surface area contributed by atoms with Gasteiger partial charge in [-0.25, -0.2) is 9.59 Å². The van der Waals surface area contributed by atoms with Crippen LogP contribution in [0.4, 0.5) is 4.79 Å². The average molecular weight is 484 g/mol. The molecule has 0 aromatic heterocycles. The lowest BCUT2D eigenvalue weighted by atomic mass is 9.77. The normalized spacial score (nSPS) is 11.9. The van der Waals surface area contributed by atoms with E-state index in [-0.39, 0.29) is 32.1 Å². The fourth-order valence-electron chi connectivity index (χ4n) is 2.94. The lowest BCUT2D eigenvalue weighted by Crippen LogP contribution is -2.43. The molecule has 0 spiro atoms. The number of hydrogen-bond donors (Lipinski definition) is 5. The van der Waals surface area contributed by atoms with E-state index in [0.717, 1.165) is 5.56 Å². The molecule has 190 valence electrons. The van der Waals surface area contributed by atoms with Crippen LogP contribution in [-0.4, -0.2) is 62.0 Å². The highest BCUT2D eigenvalue weighted by atomic mass is 16.6. The van der Waals surface area contributed by atoms with E-state index in [4.69, 9.17) is 25.2 Å². The van der Waals surface area contributed by atoms with Gasteiger partial charge in [0.25, 0.3) is 0 Å². The molecule has 5 N–H and O–H groups in total. The summed E-state index contributed by atoms with van der Waals surface area (Å²) in [4.78, 5) is 54.1. The highest BCUT2D eigenvalue weighted by molar-refractivity contribution is 5.80. The van der Waals surface area contributed by atoms with Gasteiger partial charge in [0.15, 0.2) is 0 Å². The molecule has 0 aliphatic carbocycles. The zero-order valence-electron chi connectivity index (χ0n) is 19.7. The van der Waals surface area contributed by atoms with Crippen molar-refractivity contribution in [1.82, 2.24) is 5.32 Å². The van der Waals surface area contributed by atoms with Gasteiger partial charge in [0.2, 0.25) is 0 Å². The maximum absolute atomic E-state index is 11.4. The number of ether oxygens (including phenoxy) is 1. The largest absolute Gasteiger partial charge is 0.481 e. The lowest BCUT2D eigenvalue weighted by Gasteiger charge is -2.26. The summed E-state index contributed by atoms with van der Waals surface area (Å²) in [6.07, 6.45) is -1.14. The van der Waals surface area contributed by atoms with Crippen molar-refractivity contribution in [2.24, 2.45) is 0 Å². The number of carboxylic acid groups (broad SMARTS) is 4. The second-order valence-electron chi connectivity index (χ2n) is 8.89. The number of aliphatic carboxylic acids is 4. The van der Waals surface area contributed by atoms with Crippen LogP contribution in [0.2, 0.25) is 0 Å². The molecule has 0 aliphatic heterocycles. The smallest absolute Gasteiger partial charge is 0.408 e. The highest BCUT2D eigenvalue weighted by Gasteiger charge is 2.32. The Balaban J connectivity index is 0.000000644. The van der Waals surface area contributed by atoms with Crippen molar-refractivity contribution in [3.63, 3.8) is 0 Å². The zero-order valence-corrected chi connectivity index (χ0v) is 19.7. The van der Waals surface area contributed by atoms with Gasteiger partial charge in [0.05, 0.1) is 12.8 Å². The summed E-state index contributed by atoms with van der Waals surface area (Å²) in [6, 6.07) is 7.73. The minimum atomic E-state index is -1.22. The lowest BCUT2D eigenvalue weighted by molar-refractivity contribution is -0.142. The molecule has 0 fully saturated rings. The third kappa shape index (κ3) is 13.7. The first-order chi connectivity index (χ1) is 15.6. The highest BCUT2D eigenvalue weighted by Crippen LogP contribution is 2.31. The number of rotatable bonds is 11. The maximum atomic E-state index is 11.4. The number of hydrogen-bond acceptors (Lipinski definition) is 6. The van der Waals surface area contributed by atoms with Gasteiger partial charge >= 0.3 is 30.0 Å². The molecule has 0 radical (unpaired) electrons. The first-order valence-corrected chi connectivity index (χ1v) is 10.5. The van der Waals surface area contributed by atoms with Crippen LogP contribution in [0.5, 0.6) is 0 Å². The zero-order chi connectivity index (χ0) is 26.5. The Morgan fingerprint density at radius 1 is 0.853 bits per heavy atom. The van der Waals surface area contributed by atoms with Gasteiger partial charge in [-0.15, -0.1) is 0 Å². The molecule has 1 atom stereocenters. The number of carbonyl (C=O) groups excluding carboxylic acids is 1. The van der Waals surface area contributed by atoms with Crippen LogP contribution in [0.25, 0.3) is 0 Å². The number of nitrogens with one attached hydrogen (secondary N) is 1. The molecule has 0 heterocycles. The minimum absolute atomic E-state index is 0.0425. The van der Waals surface area contributed by atoms with Crippen LogP contribution in [0.3, 0.4) is 0 Å². The Morgan fingerprint density at radius 3 is 1.74 bits per heavy atom. The molecule has 34 heavy (non-hydrogen) atoms. The van der Waals surface area contributed by atoms with E-state index < -0.39 is 47.0 Å². The molecule has 1 rings (SSSR count). The van der Waals surface area contributed by atoms with E-state index in [1.54, 1.807) is 52.0 Å². The number of amides is 1. The van der Waals surface area contributed by atoms with Gasteiger partial charge < -0.3 is 30.5 Å². The standard InChI is InChI=1S/C12H14O4.C11H19NO6/c1-12(7-10(13)14,8-11(15)16)9-5-3-2-4-6-9;1-11(2,3)18-10(17)12-7(9(15)16)5-4-6-8(13)14/h2-6H,7-8H2,1H3,(H,13,14)(H,15,16);7H,4-6H2,1-3H3,(H,12,17)(H,13,14)(H,15,16). The van der Waals surface area contributed by atoms with Gasteiger partial charge in [-0.1, -0.05) is 37.3 Å². The molecule has 1 aromatic rings. The van der Waals surface area contributed by atoms with Crippen molar-refractivity contribution >= 4 is 30.0 Å². The Labute approximate surface area is 197 Å². The van der Waals surface area contributed by atoms with Crippen LogP contribution in [0.15, 0.2) is 30.3 Å². The molecule has 1 amide bonds. The number of carboxylic acids is 4. The Hall–Kier alpha value is -3.63. The molecule has 1 aromatic carbocycles. The summed E-state index contributed by atoms with van der Waals surface area (Å²) in [5, 5.41) is 37.2. The van der Waals surface area contributed by atoms with Gasteiger partial charge in [0.1, 0.15) is 11.6 Å². The van der Waals surface area contributed by atoms with Crippen LogP contribution in [0.1, 0.15) is 65.4 Å². The van der Waals surface area contributed by atoms with E-state index in [2.05, 4.69) is 5.32 Å². The monoisotopic (exact) mass is 483 g/mol. The maximum Gasteiger partial charge on any atom is 0.408 e. The van der Waals surface area contributed by atoms with Crippen LogP contribution in [-0.2, 0) is 29.3 Å². The fourth-order valence-corrected chi connectivity index (χ4v) is 2.94. The molecular formula is C23H33NO10. The van der Waals surface area contributed by atoms with Crippen molar-refractivity contribution in [3.05, 3.63) is 35.9 Å². The minimum Gasteiger partial charge on any atom is -0.481 e. The molecular weight excluding hydrogens is 450 g/mol. The third-order valence-electron chi connectivity index (χ3n) is 4.43. The van der Waals surface area contributed by atoms with Crippen molar-refractivity contribution < 1.29 is 49.1 Å². The fraction of sp³-hybridized carbons (Fsp3) is 0.522. The first kappa shape index (κ1) is 30.4. The van der Waals surface area contributed by atoms with E-state index in [1.807, 2.05) is 6.07 Å². The van der Waals surface area contributed by atoms with Crippen LogP contribution >= 0.6 is 0 Å². The van der Waals surface area contributed by atoms with E-state index >= 15 is 0 Å². The average Bonchev–Trinajstić information content (AvgIpc) is 2.65. The Kier molecular flexibility index (Phi) is 12.3. The van der Waals surface area contributed by atoms with Gasteiger partial charge in [-0.3, -0.25) is 14.4 Å². The summed E-state index contributed by atoms with van der Waals surface area (Å²) in [5.41, 5.74) is -0.840. The predicted octanol–water partition coefficient (Wildman–Crippen LogP) is 3.11. The van der Waals surface area contributed by atoms with E-state index in [0.29, 0.717) is 0 Å². The molecule has 0 bridgehead atoms. The van der Waals surface area contributed by atoms with Gasteiger partial charge in [0, 0.05) is 11.8 Å². The molecule has 1 unspecified atom stereocenters. The SMILES string of the molecule is CC(C)(C)OC(=O)NC(CCCC(=O)O)C(=O)O.CC(CC(=O)O)(CC(=O)O)c1ccccc1. The van der Waals surface area contributed by atoms with Crippen molar-refractivity contribution in [3.8, 4) is 0 Å². The molecule has 0 aliphatic rings. The van der Waals surface area contributed by atoms with Crippen LogP contribution < -0.4 is 5.32 Å². The second kappa shape index (κ2) is 13.8. The quantitative estimate of drug-likeness (QED) is 0.313. The van der Waals surface area contributed by atoms with Gasteiger partial charge in [-0.05, 0) is 39.2 Å². The summed E-state index contributed by atoms with van der Waals surface area (Å²) in [6.45, 7) is 6.64. The summed E-state index contributed by atoms with van der Waals surface area (Å²) < 4.78 is 4.92. The van der Waals surface area contributed by atoms with Crippen LogP contribution in [0, 0.1) is 0 Å². The topological polar surface area (TPSA) is 188 Å². The van der Waals surface area contributed by atoms with Crippen molar-refractivity contribution in [2.45, 2.75) is 76.9 Å². The number of benzene rings is 1. The molecule has 0 saturated heterocycles. The summed E-state index contributed by atoms with van der Waals surface area (Å²) >= 11 is 0. The van der Waals surface area contributed by atoms with Crippen molar-refractivity contribution in [2.75, 3.05) is 0 Å². The van der Waals surface area contributed by atoms with Gasteiger partial charge in [-0.2, -0.15) is 0 Å². The number of carbonyl (C=O) groups is 5. The molecule has 11 heteroatoms. The Morgan fingerprint density at radius 2 is 1.35 bits per heavy atom. The third-order valence-corrected chi connectivity index (χ3v) is 4.43. The predicted molar refractivity (Wildman–Crippen MR) is 121 cm³/mol. The number of alkyl carbamates (subject to hydrolysis) is 1. The molecule has 11 nitrogen and oxygen atoms in total. The van der Waals surface area contributed by atoms with E-state index in [9.17, 15) is 24.0 Å². The first-order valence-electron chi connectivity index (χ1n) is 10.5. The Bertz CT molecular complexity index is 829. The summed E-state index contributed by atoms with van der Waals surface area (Å²) in [5.74, 6) is -4.21.